The molecule has 130 valence electrons. The van der Waals surface area contributed by atoms with Crippen molar-refractivity contribution in [1.29, 1.82) is 0 Å². The summed E-state index contributed by atoms with van der Waals surface area (Å²) in [6, 6.07) is 0.266. The lowest BCUT2D eigenvalue weighted by atomic mass is 10.2. The number of nitrogens with one attached hydrogen (secondary N) is 2. The zero-order valence-corrected chi connectivity index (χ0v) is 16.4. The van der Waals surface area contributed by atoms with Gasteiger partial charge in [0.15, 0.2) is 5.96 Å². The maximum Gasteiger partial charge on any atom is 0.225 e. The van der Waals surface area contributed by atoms with Gasteiger partial charge in [-0.2, -0.15) is 0 Å². The van der Waals surface area contributed by atoms with Crippen molar-refractivity contribution in [3.05, 3.63) is 18.7 Å². The molecule has 1 aromatic heterocycles. The van der Waals surface area contributed by atoms with Gasteiger partial charge in [-0.05, 0) is 6.42 Å². The molecule has 2 heterocycles. The fourth-order valence-electron chi connectivity index (χ4n) is 2.55. The molecule has 1 aliphatic rings. The molecule has 1 fully saturated rings. The first kappa shape index (κ1) is 19.7. The number of carbonyl (C=O) groups is 1. The van der Waals surface area contributed by atoms with Crippen molar-refractivity contribution >= 4 is 35.8 Å². The molecular formula is C15H27IN6O. The molecule has 1 aliphatic heterocycles. The number of hydrogen-bond acceptors (Lipinski definition) is 3. The van der Waals surface area contributed by atoms with E-state index < -0.39 is 0 Å². The van der Waals surface area contributed by atoms with Crippen molar-refractivity contribution in [1.82, 2.24) is 25.1 Å². The molecule has 0 aromatic carbocycles. The van der Waals surface area contributed by atoms with Crippen molar-refractivity contribution in [3.63, 3.8) is 0 Å². The maximum atomic E-state index is 12.0. The van der Waals surface area contributed by atoms with E-state index in [1.165, 1.54) is 0 Å². The van der Waals surface area contributed by atoms with E-state index in [0.717, 1.165) is 38.6 Å². The Labute approximate surface area is 155 Å². The van der Waals surface area contributed by atoms with Crippen molar-refractivity contribution < 1.29 is 4.79 Å². The molecule has 2 N–H and O–H groups in total. The van der Waals surface area contributed by atoms with E-state index in [2.05, 4.69) is 20.6 Å². The molecular weight excluding hydrogens is 407 g/mol. The van der Waals surface area contributed by atoms with Gasteiger partial charge in [-0.3, -0.25) is 9.79 Å². The molecule has 0 bridgehead atoms. The van der Waals surface area contributed by atoms with Crippen molar-refractivity contribution in [2.24, 2.45) is 10.9 Å². The number of rotatable bonds is 5. The highest BCUT2D eigenvalue weighted by molar-refractivity contribution is 14.0. The fraction of sp³-hybridized carbons (Fsp3) is 0.667. The lowest BCUT2D eigenvalue weighted by Crippen LogP contribution is -2.46. The molecule has 0 aliphatic carbocycles. The summed E-state index contributed by atoms with van der Waals surface area (Å²) in [5.41, 5.74) is 0. The van der Waals surface area contributed by atoms with Crippen LogP contribution >= 0.6 is 24.0 Å². The normalized spacial score (nSPS) is 18.0. The monoisotopic (exact) mass is 434 g/mol. The number of nitrogens with zero attached hydrogens (tertiary/aromatic N) is 4. The molecule has 1 aromatic rings. The minimum Gasteiger partial charge on any atom is -0.355 e. The van der Waals surface area contributed by atoms with E-state index in [4.69, 9.17) is 0 Å². The summed E-state index contributed by atoms with van der Waals surface area (Å²) in [6.45, 7) is 7.07. The Morgan fingerprint density at radius 3 is 2.87 bits per heavy atom. The molecule has 1 saturated heterocycles. The zero-order chi connectivity index (χ0) is 15.9. The predicted octanol–water partition coefficient (Wildman–Crippen LogP) is 0.923. The number of hydrogen-bond donors (Lipinski definition) is 2. The number of amides is 1. The van der Waals surface area contributed by atoms with Crippen LogP contribution in [0.4, 0.5) is 0 Å². The molecule has 0 spiro atoms. The maximum absolute atomic E-state index is 12.0. The van der Waals surface area contributed by atoms with E-state index in [1.807, 2.05) is 29.5 Å². The molecule has 2 rings (SSSR count). The summed E-state index contributed by atoms with van der Waals surface area (Å²) in [5.74, 6) is 1.07. The number of aromatic nitrogens is 2. The Morgan fingerprint density at radius 2 is 2.26 bits per heavy atom. The zero-order valence-electron chi connectivity index (χ0n) is 14.0. The van der Waals surface area contributed by atoms with Gasteiger partial charge < -0.3 is 20.1 Å². The third-order valence-electron chi connectivity index (χ3n) is 3.78. The Balaban J connectivity index is 0.00000264. The highest BCUT2D eigenvalue weighted by Gasteiger charge is 2.27. The van der Waals surface area contributed by atoms with Crippen LogP contribution in [0.1, 0.15) is 20.3 Å². The van der Waals surface area contributed by atoms with Crippen LogP contribution in [-0.2, 0) is 11.3 Å². The average Bonchev–Trinajstić information content (AvgIpc) is 3.16. The van der Waals surface area contributed by atoms with E-state index in [9.17, 15) is 4.79 Å². The minimum absolute atomic E-state index is 0. The first-order valence-electron chi connectivity index (χ1n) is 7.82. The van der Waals surface area contributed by atoms with Crippen molar-refractivity contribution in [2.75, 3.05) is 26.7 Å². The van der Waals surface area contributed by atoms with Gasteiger partial charge >= 0.3 is 0 Å². The Morgan fingerprint density at radius 1 is 1.48 bits per heavy atom. The lowest BCUT2D eigenvalue weighted by Gasteiger charge is -2.20. The van der Waals surface area contributed by atoms with Gasteiger partial charge in [-0.25, -0.2) is 4.98 Å². The van der Waals surface area contributed by atoms with E-state index in [1.54, 1.807) is 19.6 Å². The third-order valence-corrected chi connectivity index (χ3v) is 3.78. The largest absolute Gasteiger partial charge is 0.355 e. The number of carbonyl (C=O) groups excluding carboxylic acids is 1. The number of aliphatic imine (C=N–C) groups is 1. The van der Waals surface area contributed by atoms with Crippen molar-refractivity contribution in [3.8, 4) is 0 Å². The van der Waals surface area contributed by atoms with Gasteiger partial charge in [0.1, 0.15) is 0 Å². The molecule has 1 unspecified atom stereocenters. The molecule has 1 amide bonds. The first-order valence-corrected chi connectivity index (χ1v) is 7.82. The molecule has 0 saturated carbocycles. The smallest absolute Gasteiger partial charge is 0.225 e. The summed E-state index contributed by atoms with van der Waals surface area (Å²) in [6.07, 6.45) is 6.46. The highest BCUT2D eigenvalue weighted by atomic mass is 127. The minimum atomic E-state index is 0. The molecule has 7 nitrogen and oxygen atoms in total. The van der Waals surface area contributed by atoms with Crippen LogP contribution in [-0.4, -0.2) is 59.0 Å². The summed E-state index contributed by atoms with van der Waals surface area (Å²) < 4.78 is 2.01. The van der Waals surface area contributed by atoms with Gasteiger partial charge in [0, 0.05) is 57.6 Å². The van der Waals surface area contributed by atoms with Gasteiger partial charge in [-0.15, -0.1) is 24.0 Å². The van der Waals surface area contributed by atoms with Crippen LogP contribution in [0, 0.1) is 5.92 Å². The van der Waals surface area contributed by atoms with Gasteiger partial charge in [0.2, 0.25) is 5.91 Å². The molecule has 8 heteroatoms. The number of guanidine groups is 1. The topological polar surface area (TPSA) is 74.6 Å². The Bertz CT molecular complexity index is 502. The van der Waals surface area contributed by atoms with Gasteiger partial charge in [-0.1, -0.05) is 13.8 Å². The molecule has 0 radical (unpaired) electrons. The average molecular weight is 434 g/mol. The quantitative estimate of drug-likeness (QED) is 0.411. The first-order chi connectivity index (χ1) is 10.6. The van der Waals surface area contributed by atoms with Crippen LogP contribution in [0.25, 0.3) is 0 Å². The SMILES string of the molecule is CN=C(NCCn1ccnc1)NC1CCN(C(=O)C(C)C)C1.I. The second-order valence-electron chi connectivity index (χ2n) is 5.87. The van der Waals surface area contributed by atoms with E-state index >= 15 is 0 Å². The van der Waals surface area contributed by atoms with Gasteiger partial charge in [0.05, 0.1) is 6.33 Å². The van der Waals surface area contributed by atoms with Crippen LogP contribution < -0.4 is 10.6 Å². The second kappa shape index (κ2) is 9.74. The van der Waals surface area contributed by atoms with Crippen LogP contribution in [0.2, 0.25) is 0 Å². The third kappa shape index (κ3) is 6.00. The highest BCUT2D eigenvalue weighted by Crippen LogP contribution is 2.12. The molecule has 1 atom stereocenters. The number of likely N-dealkylation sites (tertiary alicyclic amines) is 1. The summed E-state index contributed by atoms with van der Waals surface area (Å²) in [5, 5.41) is 6.68. The van der Waals surface area contributed by atoms with E-state index in [-0.39, 0.29) is 41.8 Å². The van der Waals surface area contributed by atoms with Crippen LogP contribution in [0.5, 0.6) is 0 Å². The van der Waals surface area contributed by atoms with Crippen molar-refractivity contribution in [2.45, 2.75) is 32.9 Å². The Hall–Kier alpha value is -1.32. The lowest BCUT2D eigenvalue weighted by molar-refractivity contribution is -0.133. The Kier molecular flexibility index (Phi) is 8.35. The molecule has 23 heavy (non-hydrogen) atoms. The summed E-state index contributed by atoms with van der Waals surface area (Å²) in [7, 11) is 1.76. The predicted molar refractivity (Wildman–Crippen MR) is 102 cm³/mol. The second-order valence-corrected chi connectivity index (χ2v) is 5.87. The summed E-state index contributed by atoms with van der Waals surface area (Å²) in [4.78, 5) is 22.2. The standard InChI is InChI=1S/C15H26N6O.HI/c1-12(2)14(22)21-7-4-13(10-21)19-15(16-3)18-6-9-20-8-5-17-11-20;/h5,8,11-13H,4,6-7,9-10H2,1-3H3,(H2,16,18,19);1H. The fourth-order valence-corrected chi connectivity index (χ4v) is 2.55. The summed E-state index contributed by atoms with van der Waals surface area (Å²) >= 11 is 0. The van der Waals surface area contributed by atoms with E-state index in [0.29, 0.717) is 0 Å². The van der Waals surface area contributed by atoms with Gasteiger partial charge in [0.25, 0.3) is 0 Å². The van der Waals surface area contributed by atoms with Crippen LogP contribution in [0.3, 0.4) is 0 Å². The number of imidazole rings is 1. The van der Waals surface area contributed by atoms with Crippen LogP contribution in [0.15, 0.2) is 23.7 Å². The number of halogens is 1.